The molecule has 0 radical (unpaired) electrons. The fraction of sp³-hybridized carbons (Fsp3) is 0.125. The van der Waals surface area contributed by atoms with Crippen LogP contribution in [0.2, 0.25) is 0 Å². The topological polar surface area (TPSA) is 75.7 Å². The van der Waals surface area contributed by atoms with Crippen molar-refractivity contribution in [2.24, 2.45) is 4.99 Å². The number of aromatic amines is 1. The third kappa shape index (κ3) is 3.40. The first-order valence-electron chi connectivity index (χ1n) is 6.84. The predicted molar refractivity (Wildman–Crippen MR) is 91.1 cm³/mol. The highest BCUT2D eigenvalue weighted by atomic mass is 32.2. The number of nitrogens with one attached hydrogen (secondary N) is 2. The highest BCUT2D eigenvalue weighted by Crippen LogP contribution is 2.34. The van der Waals surface area contributed by atoms with Gasteiger partial charge in [0.2, 0.25) is 0 Å². The Bertz CT molecular complexity index is 782. The van der Waals surface area contributed by atoms with E-state index in [9.17, 15) is 4.79 Å². The van der Waals surface area contributed by atoms with Gasteiger partial charge in [0, 0.05) is 18.0 Å². The summed E-state index contributed by atoms with van der Waals surface area (Å²) < 4.78 is 10.5. The number of hydrogen-bond donors (Lipinski definition) is 2. The Morgan fingerprint density at radius 2 is 2.09 bits per heavy atom. The first kappa shape index (κ1) is 15.2. The second-order valence-corrected chi connectivity index (χ2v) is 5.68. The van der Waals surface area contributed by atoms with Crippen LogP contribution >= 0.6 is 11.8 Å². The van der Waals surface area contributed by atoms with E-state index in [1.54, 1.807) is 44.7 Å². The van der Waals surface area contributed by atoms with Gasteiger partial charge in [-0.1, -0.05) is 0 Å². The van der Waals surface area contributed by atoms with Gasteiger partial charge in [0.05, 0.1) is 19.1 Å². The molecule has 3 rings (SSSR count). The maximum Gasteiger partial charge on any atom is 0.264 e. The minimum atomic E-state index is -0.171. The van der Waals surface area contributed by atoms with Crippen LogP contribution in [0.1, 0.15) is 5.69 Å². The number of carbonyl (C=O) groups excluding carboxylic acids is 1. The number of carbonyl (C=O) groups is 1. The fourth-order valence-corrected chi connectivity index (χ4v) is 2.87. The van der Waals surface area contributed by atoms with Crippen molar-refractivity contribution in [3.05, 3.63) is 47.1 Å². The largest absolute Gasteiger partial charge is 0.497 e. The van der Waals surface area contributed by atoms with Gasteiger partial charge in [-0.2, -0.15) is 0 Å². The summed E-state index contributed by atoms with van der Waals surface area (Å²) in [4.78, 5) is 20.1. The van der Waals surface area contributed by atoms with Gasteiger partial charge in [-0.15, -0.1) is 0 Å². The number of aliphatic imine (C=N–C) groups is 1. The normalized spacial score (nSPS) is 17.6. The quantitative estimate of drug-likeness (QED) is 0.846. The third-order valence-corrected chi connectivity index (χ3v) is 4.08. The van der Waals surface area contributed by atoms with E-state index >= 15 is 0 Å². The Labute approximate surface area is 137 Å². The fourth-order valence-electron chi connectivity index (χ4n) is 2.04. The maximum absolute atomic E-state index is 12.0. The van der Waals surface area contributed by atoms with Crippen LogP contribution in [0.3, 0.4) is 0 Å². The summed E-state index contributed by atoms with van der Waals surface area (Å²) in [5, 5.41) is 3.26. The zero-order valence-electron chi connectivity index (χ0n) is 12.6. The second kappa shape index (κ2) is 6.62. The molecule has 0 aliphatic carbocycles. The SMILES string of the molecule is COc1ccc(N=C2NC(=O)C(=Cc3ccc[nH]3)S2)c(OC)c1. The van der Waals surface area contributed by atoms with Crippen molar-refractivity contribution in [1.82, 2.24) is 10.3 Å². The number of H-pyrrole nitrogens is 1. The number of aromatic nitrogens is 1. The molecule has 1 saturated heterocycles. The van der Waals surface area contributed by atoms with E-state index in [0.717, 1.165) is 5.69 Å². The summed E-state index contributed by atoms with van der Waals surface area (Å²) in [7, 11) is 3.15. The van der Waals surface area contributed by atoms with Crippen molar-refractivity contribution < 1.29 is 14.3 Å². The Morgan fingerprint density at radius 1 is 1.22 bits per heavy atom. The van der Waals surface area contributed by atoms with Gasteiger partial charge in [-0.25, -0.2) is 4.99 Å². The number of ether oxygens (including phenoxy) is 2. The van der Waals surface area contributed by atoms with Crippen molar-refractivity contribution in [2.75, 3.05) is 14.2 Å². The number of benzene rings is 1. The van der Waals surface area contributed by atoms with Crippen LogP contribution in [0.15, 0.2) is 46.4 Å². The Morgan fingerprint density at radius 3 is 2.78 bits per heavy atom. The second-order valence-electron chi connectivity index (χ2n) is 4.64. The average Bonchev–Trinajstić information content (AvgIpc) is 3.18. The molecule has 1 aliphatic rings. The summed E-state index contributed by atoms with van der Waals surface area (Å²) in [6, 6.07) is 9.09. The van der Waals surface area contributed by atoms with Crippen molar-refractivity contribution in [3.8, 4) is 11.5 Å². The lowest BCUT2D eigenvalue weighted by Gasteiger charge is -2.07. The van der Waals surface area contributed by atoms with Gasteiger partial charge in [0.25, 0.3) is 5.91 Å². The Kier molecular flexibility index (Phi) is 4.38. The highest BCUT2D eigenvalue weighted by molar-refractivity contribution is 8.18. The van der Waals surface area contributed by atoms with Crippen LogP contribution in [0.4, 0.5) is 5.69 Å². The summed E-state index contributed by atoms with van der Waals surface area (Å²) in [5.41, 5.74) is 1.49. The monoisotopic (exact) mass is 329 g/mol. The van der Waals surface area contributed by atoms with E-state index in [0.29, 0.717) is 27.3 Å². The molecule has 23 heavy (non-hydrogen) atoms. The minimum Gasteiger partial charge on any atom is -0.497 e. The molecule has 7 heteroatoms. The molecule has 0 spiro atoms. The zero-order chi connectivity index (χ0) is 16.2. The smallest absolute Gasteiger partial charge is 0.264 e. The maximum atomic E-state index is 12.0. The van der Waals surface area contributed by atoms with Crippen LogP contribution in [0, 0.1) is 0 Å². The standard InChI is InChI=1S/C16H15N3O3S/c1-21-11-5-6-12(13(9-11)22-2)18-16-19-15(20)14(23-16)8-10-4-3-7-17-10/h3-9,17H,1-2H3,(H,18,19,20). The molecule has 1 aromatic carbocycles. The van der Waals surface area contributed by atoms with Gasteiger partial charge in [0.15, 0.2) is 5.17 Å². The van der Waals surface area contributed by atoms with Crippen molar-refractivity contribution in [2.45, 2.75) is 0 Å². The molecule has 1 aromatic heterocycles. The van der Waals surface area contributed by atoms with Crippen LogP contribution < -0.4 is 14.8 Å². The van der Waals surface area contributed by atoms with Gasteiger partial charge >= 0.3 is 0 Å². The zero-order valence-corrected chi connectivity index (χ0v) is 13.4. The lowest BCUT2D eigenvalue weighted by molar-refractivity contribution is -0.115. The molecule has 2 aromatic rings. The third-order valence-electron chi connectivity index (χ3n) is 3.17. The molecule has 0 atom stereocenters. The molecule has 1 fully saturated rings. The molecule has 0 unspecified atom stereocenters. The molecule has 0 saturated carbocycles. The molecular formula is C16H15N3O3S. The molecular weight excluding hydrogens is 314 g/mol. The van der Waals surface area contributed by atoms with Crippen LogP contribution in [-0.4, -0.2) is 30.3 Å². The number of rotatable bonds is 4. The lowest BCUT2D eigenvalue weighted by Crippen LogP contribution is -2.19. The van der Waals surface area contributed by atoms with Gasteiger partial charge in [0.1, 0.15) is 17.2 Å². The number of methoxy groups -OCH3 is 2. The van der Waals surface area contributed by atoms with Crippen LogP contribution in [0.25, 0.3) is 6.08 Å². The lowest BCUT2D eigenvalue weighted by atomic mass is 10.3. The number of amidine groups is 1. The van der Waals surface area contributed by atoms with Crippen LogP contribution in [-0.2, 0) is 4.79 Å². The first-order valence-corrected chi connectivity index (χ1v) is 7.66. The molecule has 2 N–H and O–H groups in total. The number of nitrogens with zero attached hydrogens (tertiary/aromatic N) is 1. The minimum absolute atomic E-state index is 0.171. The van der Waals surface area contributed by atoms with Crippen molar-refractivity contribution >= 4 is 34.6 Å². The predicted octanol–water partition coefficient (Wildman–Crippen LogP) is 2.92. The van der Waals surface area contributed by atoms with E-state index in [4.69, 9.17) is 9.47 Å². The van der Waals surface area contributed by atoms with E-state index in [1.807, 2.05) is 12.1 Å². The van der Waals surface area contributed by atoms with Gasteiger partial charge in [-0.3, -0.25) is 4.79 Å². The molecule has 6 nitrogen and oxygen atoms in total. The number of hydrogen-bond acceptors (Lipinski definition) is 5. The van der Waals surface area contributed by atoms with E-state index < -0.39 is 0 Å². The van der Waals surface area contributed by atoms with Crippen molar-refractivity contribution in [3.63, 3.8) is 0 Å². The number of thioether (sulfide) groups is 1. The first-order chi connectivity index (χ1) is 11.2. The number of amides is 1. The summed E-state index contributed by atoms with van der Waals surface area (Å²) in [6.45, 7) is 0. The molecule has 1 amide bonds. The molecule has 0 bridgehead atoms. The highest BCUT2D eigenvalue weighted by Gasteiger charge is 2.24. The Hall–Kier alpha value is -2.67. The summed E-state index contributed by atoms with van der Waals surface area (Å²) in [5.74, 6) is 1.09. The molecule has 1 aliphatic heterocycles. The van der Waals surface area contributed by atoms with E-state index in [1.165, 1.54) is 11.8 Å². The summed E-state index contributed by atoms with van der Waals surface area (Å²) in [6.07, 6.45) is 3.59. The summed E-state index contributed by atoms with van der Waals surface area (Å²) >= 11 is 1.28. The van der Waals surface area contributed by atoms with E-state index in [2.05, 4.69) is 15.3 Å². The van der Waals surface area contributed by atoms with Gasteiger partial charge in [-0.05, 0) is 42.1 Å². The van der Waals surface area contributed by atoms with Crippen molar-refractivity contribution in [1.29, 1.82) is 0 Å². The molecule has 118 valence electrons. The molecule has 2 heterocycles. The Balaban J connectivity index is 1.86. The van der Waals surface area contributed by atoms with E-state index in [-0.39, 0.29) is 5.91 Å². The van der Waals surface area contributed by atoms with Gasteiger partial charge < -0.3 is 19.8 Å². The average molecular weight is 329 g/mol. The van der Waals surface area contributed by atoms with Crippen LogP contribution in [0.5, 0.6) is 11.5 Å².